The smallest absolute Gasteiger partial charge is 0.204 e. The molecule has 0 bridgehead atoms. The number of H-pyrrole nitrogens is 1. The van der Waals surface area contributed by atoms with Gasteiger partial charge in [-0.2, -0.15) is 5.21 Å². The van der Waals surface area contributed by atoms with Gasteiger partial charge in [0.1, 0.15) is 0 Å². The first-order chi connectivity index (χ1) is 6.29. The van der Waals surface area contributed by atoms with Crippen LogP contribution < -0.4 is 0 Å². The van der Waals surface area contributed by atoms with Gasteiger partial charge in [-0.1, -0.05) is 6.07 Å². The van der Waals surface area contributed by atoms with Crippen molar-refractivity contribution in [2.45, 2.75) is 0 Å². The third kappa shape index (κ3) is 1.26. The van der Waals surface area contributed by atoms with E-state index < -0.39 is 11.6 Å². The van der Waals surface area contributed by atoms with E-state index in [0.717, 1.165) is 6.07 Å². The van der Waals surface area contributed by atoms with Crippen molar-refractivity contribution in [3.05, 3.63) is 29.8 Å². The van der Waals surface area contributed by atoms with Crippen LogP contribution in [0.4, 0.5) is 8.78 Å². The number of rotatable bonds is 1. The summed E-state index contributed by atoms with van der Waals surface area (Å²) in [5, 5.41) is 12.5. The molecular weight excluding hydrogens is 178 g/mol. The molecule has 0 fully saturated rings. The summed E-state index contributed by atoms with van der Waals surface area (Å²) in [4.78, 5) is 0. The van der Waals surface area contributed by atoms with Gasteiger partial charge in [-0.05, 0) is 17.3 Å². The Labute approximate surface area is 71.6 Å². The first-order valence-corrected chi connectivity index (χ1v) is 3.47. The van der Waals surface area contributed by atoms with Crippen LogP contribution in [0.25, 0.3) is 11.4 Å². The molecule has 2 aromatic rings. The number of nitrogens with zero attached hydrogens (tertiary/aromatic N) is 3. The van der Waals surface area contributed by atoms with Gasteiger partial charge in [0.05, 0.1) is 5.56 Å². The average Bonchev–Trinajstić information content (AvgIpc) is 2.62. The predicted octanol–water partition coefficient (Wildman–Crippen LogP) is 1.14. The minimum absolute atomic E-state index is 0.00579. The highest BCUT2D eigenvalue weighted by atomic mass is 19.2. The third-order valence-electron chi connectivity index (χ3n) is 1.54. The lowest BCUT2D eigenvalue weighted by molar-refractivity contribution is 0.510. The minimum atomic E-state index is -0.969. The molecule has 1 heterocycles. The predicted molar refractivity (Wildman–Crippen MR) is 39.5 cm³/mol. The Morgan fingerprint density at radius 3 is 2.77 bits per heavy atom. The van der Waals surface area contributed by atoms with Crippen molar-refractivity contribution in [1.82, 2.24) is 20.6 Å². The fourth-order valence-electron chi connectivity index (χ4n) is 0.952. The largest absolute Gasteiger partial charge is 0.207 e. The Bertz CT molecular complexity index is 412. The van der Waals surface area contributed by atoms with Crippen molar-refractivity contribution in [3.63, 3.8) is 0 Å². The maximum absolute atomic E-state index is 13.1. The molecule has 66 valence electrons. The number of hydrogen-bond acceptors (Lipinski definition) is 3. The summed E-state index contributed by atoms with van der Waals surface area (Å²) >= 11 is 0. The number of tetrazole rings is 1. The summed E-state index contributed by atoms with van der Waals surface area (Å²) in [6.07, 6.45) is 0. The molecule has 0 aliphatic rings. The van der Waals surface area contributed by atoms with Crippen molar-refractivity contribution in [1.29, 1.82) is 0 Å². The zero-order valence-electron chi connectivity index (χ0n) is 6.33. The summed E-state index contributed by atoms with van der Waals surface area (Å²) < 4.78 is 25.8. The van der Waals surface area contributed by atoms with Gasteiger partial charge in [0.2, 0.25) is 5.82 Å². The zero-order chi connectivity index (χ0) is 9.26. The molecule has 0 aliphatic carbocycles. The van der Waals surface area contributed by atoms with Gasteiger partial charge >= 0.3 is 0 Å². The quantitative estimate of drug-likeness (QED) is 0.719. The van der Waals surface area contributed by atoms with Gasteiger partial charge in [0, 0.05) is 0 Å². The Balaban J connectivity index is 2.59. The van der Waals surface area contributed by atoms with Crippen LogP contribution in [0, 0.1) is 11.6 Å². The van der Waals surface area contributed by atoms with Crippen LogP contribution >= 0.6 is 0 Å². The van der Waals surface area contributed by atoms with Gasteiger partial charge in [0.15, 0.2) is 11.6 Å². The molecule has 6 heteroatoms. The first-order valence-electron chi connectivity index (χ1n) is 3.47. The maximum atomic E-state index is 13.1. The Morgan fingerprint density at radius 1 is 1.23 bits per heavy atom. The highest BCUT2D eigenvalue weighted by Crippen LogP contribution is 2.19. The van der Waals surface area contributed by atoms with Crippen LogP contribution in [0.3, 0.4) is 0 Å². The molecule has 0 aliphatic heterocycles. The highest BCUT2D eigenvalue weighted by molar-refractivity contribution is 5.54. The van der Waals surface area contributed by atoms with Crippen molar-refractivity contribution < 1.29 is 8.78 Å². The lowest BCUT2D eigenvalue weighted by Crippen LogP contribution is -1.90. The number of benzene rings is 1. The fourth-order valence-corrected chi connectivity index (χ4v) is 0.952. The van der Waals surface area contributed by atoms with Gasteiger partial charge < -0.3 is 0 Å². The second-order valence-electron chi connectivity index (χ2n) is 2.34. The van der Waals surface area contributed by atoms with E-state index in [1.54, 1.807) is 0 Å². The van der Waals surface area contributed by atoms with E-state index in [9.17, 15) is 8.78 Å². The SMILES string of the molecule is Fc1cccc(-c2nn[nH]n2)c1F. The molecule has 0 unspecified atom stereocenters. The summed E-state index contributed by atoms with van der Waals surface area (Å²) in [7, 11) is 0. The van der Waals surface area contributed by atoms with E-state index in [4.69, 9.17) is 0 Å². The molecule has 0 saturated heterocycles. The molecule has 0 atom stereocenters. The summed E-state index contributed by atoms with van der Waals surface area (Å²) in [5.41, 5.74) is -0.00579. The van der Waals surface area contributed by atoms with Crippen LogP contribution in [0.5, 0.6) is 0 Å². The Morgan fingerprint density at radius 2 is 2.08 bits per heavy atom. The molecule has 0 radical (unpaired) electrons. The second kappa shape index (κ2) is 2.89. The first kappa shape index (κ1) is 7.78. The molecule has 0 saturated carbocycles. The monoisotopic (exact) mass is 182 g/mol. The Kier molecular flexibility index (Phi) is 1.73. The van der Waals surface area contributed by atoms with Crippen LogP contribution in [0.2, 0.25) is 0 Å². The van der Waals surface area contributed by atoms with Crippen LogP contribution in [-0.4, -0.2) is 20.6 Å². The maximum Gasteiger partial charge on any atom is 0.207 e. The van der Waals surface area contributed by atoms with Gasteiger partial charge in [-0.3, -0.25) is 0 Å². The number of aromatic amines is 1. The number of hydrogen-bond donors (Lipinski definition) is 1. The van der Waals surface area contributed by atoms with E-state index >= 15 is 0 Å². The Hall–Kier alpha value is -1.85. The summed E-state index contributed by atoms with van der Waals surface area (Å²) in [6.45, 7) is 0. The summed E-state index contributed by atoms with van der Waals surface area (Å²) in [5.74, 6) is -1.86. The molecule has 0 amide bonds. The summed E-state index contributed by atoms with van der Waals surface area (Å²) in [6, 6.07) is 3.78. The topological polar surface area (TPSA) is 54.5 Å². The normalized spacial score (nSPS) is 10.3. The molecule has 1 aromatic carbocycles. The lowest BCUT2D eigenvalue weighted by Gasteiger charge is -1.96. The van der Waals surface area contributed by atoms with Crippen LogP contribution in [0.15, 0.2) is 18.2 Å². The van der Waals surface area contributed by atoms with Crippen molar-refractivity contribution in [3.8, 4) is 11.4 Å². The van der Waals surface area contributed by atoms with E-state index in [2.05, 4.69) is 20.6 Å². The number of aromatic nitrogens is 4. The van der Waals surface area contributed by atoms with Gasteiger partial charge in [-0.25, -0.2) is 8.78 Å². The van der Waals surface area contributed by atoms with E-state index in [0.29, 0.717) is 0 Å². The number of nitrogens with one attached hydrogen (secondary N) is 1. The van der Waals surface area contributed by atoms with Crippen molar-refractivity contribution in [2.24, 2.45) is 0 Å². The molecule has 1 N–H and O–H groups in total. The highest BCUT2D eigenvalue weighted by Gasteiger charge is 2.12. The molecule has 13 heavy (non-hydrogen) atoms. The van der Waals surface area contributed by atoms with Crippen molar-refractivity contribution >= 4 is 0 Å². The molecule has 4 nitrogen and oxygen atoms in total. The molecular formula is C7H4F2N4. The minimum Gasteiger partial charge on any atom is -0.204 e. The fraction of sp³-hybridized carbons (Fsp3) is 0. The average molecular weight is 182 g/mol. The van der Waals surface area contributed by atoms with Crippen molar-refractivity contribution in [2.75, 3.05) is 0 Å². The zero-order valence-corrected chi connectivity index (χ0v) is 6.33. The van der Waals surface area contributed by atoms with Crippen LogP contribution in [0.1, 0.15) is 0 Å². The van der Waals surface area contributed by atoms with Crippen LogP contribution in [-0.2, 0) is 0 Å². The van der Waals surface area contributed by atoms with E-state index in [1.807, 2.05) is 0 Å². The second-order valence-corrected chi connectivity index (χ2v) is 2.34. The molecule has 1 aromatic heterocycles. The van der Waals surface area contributed by atoms with E-state index in [1.165, 1.54) is 12.1 Å². The molecule has 0 spiro atoms. The number of halogens is 2. The van der Waals surface area contributed by atoms with Gasteiger partial charge in [-0.15, -0.1) is 10.2 Å². The third-order valence-corrected chi connectivity index (χ3v) is 1.54. The molecule has 2 rings (SSSR count). The standard InChI is InChI=1S/C7H4F2N4/c8-5-3-1-2-4(6(5)9)7-10-12-13-11-7/h1-3H,(H,10,11,12,13). The van der Waals surface area contributed by atoms with E-state index in [-0.39, 0.29) is 11.4 Å². The lowest BCUT2D eigenvalue weighted by atomic mass is 10.2. The van der Waals surface area contributed by atoms with Gasteiger partial charge in [0.25, 0.3) is 0 Å².